The third-order valence-corrected chi connectivity index (χ3v) is 3.62. The van der Waals surface area contributed by atoms with Crippen molar-refractivity contribution in [1.29, 1.82) is 0 Å². The molecule has 0 bridgehead atoms. The molecule has 3 aromatic rings. The number of aryl methyl sites for hydroxylation is 2. The summed E-state index contributed by atoms with van der Waals surface area (Å²) in [5, 5.41) is 16.9. The van der Waals surface area contributed by atoms with E-state index in [4.69, 9.17) is 11.6 Å². The van der Waals surface area contributed by atoms with Gasteiger partial charge in [-0.2, -0.15) is 0 Å². The number of rotatable bonds is 5. The summed E-state index contributed by atoms with van der Waals surface area (Å²) in [6.45, 7) is 3.79. The lowest BCUT2D eigenvalue weighted by Crippen LogP contribution is -2.02. The Morgan fingerprint density at radius 1 is 1.00 bits per heavy atom. The molecule has 132 valence electrons. The van der Waals surface area contributed by atoms with E-state index < -0.39 is 4.92 Å². The minimum atomic E-state index is -0.627. The number of benzene rings is 1. The Morgan fingerprint density at radius 2 is 1.58 bits per heavy atom. The highest BCUT2D eigenvalue weighted by Gasteiger charge is 2.21. The molecule has 0 spiro atoms. The minimum absolute atomic E-state index is 0.0216. The van der Waals surface area contributed by atoms with Gasteiger partial charge >= 0.3 is 5.69 Å². The maximum Gasteiger partial charge on any atom is 0.348 e. The molecule has 3 rings (SSSR count). The van der Waals surface area contributed by atoms with E-state index in [9.17, 15) is 10.1 Å². The number of nitro groups is 1. The predicted molar refractivity (Wildman–Crippen MR) is 98.2 cm³/mol. The number of anilines is 4. The fourth-order valence-electron chi connectivity index (χ4n) is 2.30. The molecule has 2 heterocycles. The molecule has 0 atom stereocenters. The monoisotopic (exact) mass is 371 g/mol. The van der Waals surface area contributed by atoms with Gasteiger partial charge in [0.1, 0.15) is 6.33 Å². The molecule has 0 unspecified atom stereocenters. The topological polar surface area (TPSA) is 119 Å². The van der Waals surface area contributed by atoms with Crippen molar-refractivity contribution in [3.05, 3.63) is 63.3 Å². The van der Waals surface area contributed by atoms with Gasteiger partial charge in [0.25, 0.3) is 0 Å². The van der Waals surface area contributed by atoms with Crippen molar-refractivity contribution in [2.45, 2.75) is 13.8 Å². The Bertz CT molecular complexity index is 943. The Balaban J connectivity index is 1.78. The van der Waals surface area contributed by atoms with Gasteiger partial charge in [0.05, 0.1) is 4.92 Å². The van der Waals surface area contributed by atoms with Crippen molar-refractivity contribution in [3.8, 4) is 0 Å². The largest absolute Gasteiger partial charge is 0.348 e. The van der Waals surface area contributed by atoms with Crippen LogP contribution in [0.1, 0.15) is 11.4 Å². The lowest BCUT2D eigenvalue weighted by molar-refractivity contribution is -0.384. The summed E-state index contributed by atoms with van der Waals surface area (Å²) in [4.78, 5) is 26.6. The summed E-state index contributed by atoms with van der Waals surface area (Å²) in [6, 6.07) is 8.95. The highest BCUT2D eigenvalue weighted by atomic mass is 35.5. The molecule has 26 heavy (non-hydrogen) atoms. The molecule has 0 radical (unpaired) electrons. The van der Waals surface area contributed by atoms with Crippen molar-refractivity contribution in [3.63, 3.8) is 0 Å². The number of nitrogens with zero attached hydrogens (tertiary/aromatic N) is 5. The second-order valence-corrected chi connectivity index (χ2v) is 5.78. The summed E-state index contributed by atoms with van der Waals surface area (Å²) in [6.07, 6.45) is 1.16. The second kappa shape index (κ2) is 7.28. The van der Waals surface area contributed by atoms with Crippen LogP contribution in [0.5, 0.6) is 0 Å². The van der Waals surface area contributed by atoms with Crippen LogP contribution in [0, 0.1) is 24.0 Å². The lowest BCUT2D eigenvalue weighted by atomic mass is 10.2. The molecule has 9 nitrogen and oxygen atoms in total. The first-order valence-corrected chi connectivity index (χ1v) is 7.91. The van der Waals surface area contributed by atoms with Crippen LogP contribution in [0.2, 0.25) is 5.15 Å². The molecule has 0 saturated heterocycles. The predicted octanol–water partition coefficient (Wildman–Crippen LogP) is 3.93. The Kier molecular flexibility index (Phi) is 4.90. The van der Waals surface area contributed by atoms with E-state index in [1.165, 1.54) is 0 Å². The highest BCUT2D eigenvalue weighted by molar-refractivity contribution is 6.31. The Hall–Kier alpha value is -3.33. The van der Waals surface area contributed by atoms with Gasteiger partial charge in [0.15, 0.2) is 0 Å². The van der Waals surface area contributed by atoms with E-state index in [1.54, 1.807) is 24.3 Å². The van der Waals surface area contributed by atoms with E-state index in [0.29, 0.717) is 11.6 Å². The zero-order valence-corrected chi connectivity index (χ0v) is 14.7. The van der Waals surface area contributed by atoms with E-state index in [2.05, 4.69) is 30.6 Å². The van der Waals surface area contributed by atoms with Gasteiger partial charge in [0, 0.05) is 22.8 Å². The first-order chi connectivity index (χ1) is 12.4. The third kappa shape index (κ3) is 4.01. The molecule has 2 aromatic heterocycles. The average molecular weight is 372 g/mol. The van der Waals surface area contributed by atoms with Crippen molar-refractivity contribution in [1.82, 2.24) is 19.9 Å². The van der Waals surface area contributed by atoms with E-state index >= 15 is 0 Å². The zero-order chi connectivity index (χ0) is 18.7. The van der Waals surface area contributed by atoms with Crippen molar-refractivity contribution >= 4 is 40.4 Å². The number of nitrogens with one attached hydrogen (secondary N) is 2. The number of hydrogen-bond donors (Lipinski definition) is 2. The summed E-state index contributed by atoms with van der Waals surface area (Å²) in [7, 11) is 0. The van der Waals surface area contributed by atoms with Crippen molar-refractivity contribution < 1.29 is 4.92 Å². The van der Waals surface area contributed by atoms with Gasteiger partial charge in [-0.25, -0.2) is 19.9 Å². The van der Waals surface area contributed by atoms with Crippen LogP contribution in [0.4, 0.5) is 28.8 Å². The standard InChI is InChI=1S/C16H14ClN7O2/c1-9-7-10(2)21-16(20-9)23-12-5-3-11(4-6-12)22-15-13(24(25)26)14(17)18-8-19-15/h3-8H,1-2H3,(H,18,19,22)(H,20,21,23). The van der Waals surface area contributed by atoms with Gasteiger partial charge in [-0.05, 0) is 44.2 Å². The highest BCUT2D eigenvalue weighted by Crippen LogP contribution is 2.30. The number of hydrogen-bond acceptors (Lipinski definition) is 8. The SMILES string of the molecule is Cc1cc(C)nc(Nc2ccc(Nc3ncnc(Cl)c3[N+](=O)[O-])cc2)n1. The fraction of sp³-hybridized carbons (Fsp3) is 0.125. The smallest absolute Gasteiger partial charge is 0.334 e. The molecule has 0 aliphatic carbocycles. The van der Waals surface area contributed by atoms with Gasteiger partial charge < -0.3 is 10.6 Å². The van der Waals surface area contributed by atoms with Crippen LogP contribution < -0.4 is 10.6 Å². The fourth-order valence-corrected chi connectivity index (χ4v) is 2.50. The first kappa shape index (κ1) is 17.5. The van der Waals surface area contributed by atoms with Crippen LogP contribution in [0.25, 0.3) is 0 Å². The second-order valence-electron chi connectivity index (χ2n) is 5.42. The third-order valence-electron chi connectivity index (χ3n) is 3.35. The lowest BCUT2D eigenvalue weighted by Gasteiger charge is -2.09. The minimum Gasteiger partial charge on any atom is -0.334 e. The van der Waals surface area contributed by atoms with E-state index in [-0.39, 0.29) is 16.7 Å². The molecule has 1 aromatic carbocycles. The first-order valence-electron chi connectivity index (χ1n) is 7.53. The number of halogens is 1. The Labute approximate surface area is 153 Å². The molecular formula is C16H14ClN7O2. The maximum absolute atomic E-state index is 11.1. The van der Waals surface area contributed by atoms with Gasteiger partial charge in [-0.1, -0.05) is 11.6 Å². The molecule has 0 aliphatic heterocycles. The summed E-state index contributed by atoms with van der Waals surface area (Å²) < 4.78 is 0. The van der Waals surface area contributed by atoms with E-state index in [0.717, 1.165) is 23.4 Å². The molecule has 0 amide bonds. The molecule has 10 heteroatoms. The van der Waals surface area contributed by atoms with Gasteiger partial charge in [-0.3, -0.25) is 10.1 Å². The van der Waals surface area contributed by atoms with Crippen LogP contribution in [0.15, 0.2) is 36.7 Å². The van der Waals surface area contributed by atoms with Crippen LogP contribution in [0.3, 0.4) is 0 Å². The number of aromatic nitrogens is 4. The summed E-state index contributed by atoms with van der Waals surface area (Å²) in [5.74, 6) is 0.523. The van der Waals surface area contributed by atoms with Gasteiger partial charge in [-0.15, -0.1) is 0 Å². The molecular weight excluding hydrogens is 358 g/mol. The van der Waals surface area contributed by atoms with E-state index in [1.807, 2.05) is 19.9 Å². The molecule has 0 saturated carbocycles. The van der Waals surface area contributed by atoms with Crippen molar-refractivity contribution in [2.24, 2.45) is 0 Å². The van der Waals surface area contributed by atoms with Crippen LogP contribution >= 0.6 is 11.6 Å². The Morgan fingerprint density at radius 3 is 2.15 bits per heavy atom. The summed E-state index contributed by atoms with van der Waals surface area (Å²) >= 11 is 5.77. The van der Waals surface area contributed by atoms with Crippen LogP contribution in [-0.2, 0) is 0 Å². The molecule has 0 aliphatic rings. The van der Waals surface area contributed by atoms with Crippen LogP contribution in [-0.4, -0.2) is 24.9 Å². The average Bonchev–Trinajstić information content (AvgIpc) is 2.55. The summed E-state index contributed by atoms with van der Waals surface area (Å²) in [5.41, 5.74) is 2.74. The molecule has 2 N–H and O–H groups in total. The maximum atomic E-state index is 11.1. The van der Waals surface area contributed by atoms with Gasteiger partial charge in [0.2, 0.25) is 16.9 Å². The van der Waals surface area contributed by atoms with Crippen molar-refractivity contribution in [2.75, 3.05) is 10.6 Å². The quantitative estimate of drug-likeness (QED) is 0.393. The molecule has 0 fully saturated rings. The normalized spacial score (nSPS) is 10.4. The zero-order valence-electron chi connectivity index (χ0n) is 13.9.